The van der Waals surface area contributed by atoms with Crippen molar-refractivity contribution >= 4 is 5.69 Å². The van der Waals surface area contributed by atoms with E-state index < -0.39 is 0 Å². The summed E-state index contributed by atoms with van der Waals surface area (Å²) in [4.78, 5) is 0. The summed E-state index contributed by atoms with van der Waals surface area (Å²) < 4.78 is 14.3. The number of allylic oxidation sites excluding steroid dienone is 6. The van der Waals surface area contributed by atoms with E-state index >= 15 is 0 Å². The van der Waals surface area contributed by atoms with Gasteiger partial charge in [-0.25, -0.2) is 4.39 Å². The van der Waals surface area contributed by atoms with E-state index in [2.05, 4.69) is 52.5 Å². The highest BCUT2D eigenvalue weighted by atomic mass is 19.1. The lowest BCUT2D eigenvalue weighted by Gasteiger charge is -2.64. The second-order valence-corrected chi connectivity index (χ2v) is 14.8. The van der Waals surface area contributed by atoms with Gasteiger partial charge in [0.2, 0.25) is 0 Å². The first-order chi connectivity index (χ1) is 18.5. The zero-order chi connectivity index (χ0) is 27.8. The van der Waals surface area contributed by atoms with Crippen LogP contribution in [-0.4, -0.2) is 0 Å². The standard InChI is InChI=1S/C37H50FN/c1-7-8-27-20-29-23-35(5)31-13-12-28-19-24(2)15-17-34(28,4)30(31)16-18-36(35,6)37(29,22-27)25(3)9-10-26-11-14-33(39)32(38)21-26/h11,14-15,17,19,21,27,29-31H,2-3,7-10,12-13,16,18,20,22-23,39H2,1,4-6H3. The topological polar surface area (TPSA) is 26.0 Å². The SMILES string of the molecule is C=C1C=CC2(C)C(=C1)CCC1C2CCC2(C)C1(C)CC1CC(CCC)CC12C(=C)CCc1ccc(N)c(F)c1. The average Bonchev–Trinajstić information content (AvgIpc) is 3.34. The van der Waals surface area contributed by atoms with Crippen LogP contribution in [0.15, 0.2) is 66.3 Å². The van der Waals surface area contributed by atoms with Crippen LogP contribution < -0.4 is 5.73 Å². The molecule has 2 heteroatoms. The minimum atomic E-state index is -0.295. The molecule has 5 aliphatic carbocycles. The molecule has 8 unspecified atom stereocenters. The van der Waals surface area contributed by atoms with Crippen LogP contribution in [0.5, 0.6) is 0 Å². The molecular formula is C37H50FN. The summed E-state index contributed by atoms with van der Waals surface area (Å²) in [7, 11) is 0. The number of hydrogen-bond acceptors (Lipinski definition) is 1. The number of nitrogens with two attached hydrogens (primary N) is 1. The first kappa shape index (κ1) is 27.1. The highest BCUT2D eigenvalue weighted by Gasteiger charge is 2.74. The van der Waals surface area contributed by atoms with Gasteiger partial charge in [-0.3, -0.25) is 0 Å². The minimum absolute atomic E-state index is 0.181. The van der Waals surface area contributed by atoms with E-state index in [1.165, 1.54) is 68.9 Å². The van der Waals surface area contributed by atoms with E-state index in [-0.39, 0.29) is 27.7 Å². The van der Waals surface area contributed by atoms with Crippen LogP contribution in [0.2, 0.25) is 0 Å². The summed E-state index contributed by atoms with van der Waals surface area (Å²) >= 11 is 0. The van der Waals surface area contributed by atoms with Crippen LogP contribution in [-0.2, 0) is 6.42 Å². The summed E-state index contributed by atoms with van der Waals surface area (Å²) in [5.74, 6) is 2.71. The van der Waals surface area contributed by atoms with Gasteiger partial charge in [0, 0.05) is 5.41 Å². The van der Waals surface area contributed by atoms with E-state index in [4.69, 9.17) is 12.3 Å². The van der Waals surface area contributed by atoms with E-state index in [1.807, 2.05) is 6.07 Å². The van der Waals surface area contributed by atoms with Crippen molar-refractivity contribution in [3.05, 3.63) is 77.7 Å². The quantitative estimate of drug-likeness (QED) is 0.289. The predicted molar refractivity (Wildman–Crippen MR) is 163 cm³/mol. The molecule has 0 saturated heterocycles. The fourth-order valence-corrected chi connectivity index (χ4v) is 11.4. The van der Waals surface area contributed by atoms with Crippen molar-refractivity contribution in [2.24, 2.45) is 45.3 Å². The molecule has 2 N–H and O–H groups in total. The second-order valence-electron chi connectivity index (χ2n) is 14.8. The Balaban J connectivity index is 1.35. The van der Waals surface area contributed by atoms with Gasteiger partial charge in [0.05, 0.1) is 5.69 Å². The molecule has 0 heterocycles. The highest BCUT2D eigenvalue weighted by molar-refractivity contribution is 5.45. The van der Waals surface area contributed by atoms with Gasteiger partial charge in [-0.2, -0.15) is 0 Å². The van der Waals surface area contributed by atoms with Gasteiger partial charge in [0.25, 0.3) is 0 Å². The molecule has 0 amide bonds. The lowest BCUT2D eigenvalue weighted by molar-refractivity contribution is -0.122. The Morgan fingerprint density at radius 1 is 1.13 bits per heavy atom. The Labute approximate surface area is 236 Å². The normalized spacial score (nSPS) is 42.4. The van der Waals surface area contributed by atoms with Gasteiger partial charge in [-0.1, -0.05) is 89.1 Å². The van der Waals surface area contributed by atoms with Gasteiger partial charge in [-0.15, -0.1) is 0 Å². The van der Waals surface area contributed by atoms with Crippen LogP contribution in [0.4, 0.5) is 10.1 Å². The van der Waals surface area contributed by atoms with Crippen LogP contribution >= 0.6 is 0 Å². The van der Waals surface area contributed by atoms with Gasteiger partial charge in [-0.05, 0) is 121 Å². The van der Waals surface area contributed by atoms with Crippen molar-refractivity contribution in [2.75, 3.05) is 5.73 Å². The average molecular weight is 528 g/mol. The van der Waals surface area contributed by atoms with E-state index in [0.29, 0.717) is 11.3 Å². The smallest absolute Gasteiger partial charge is 0.146 e. The maximum atomic E-state index is 14.3. The van der Waals surface area contributed by atoms with Gasteiger partial charge < -0.3 is 5.73 Å². The molecule has 210 valence electrons. The molecule has 4 fully saturated rings. The molecule has 0 bridgehead atoms. The van der Waals surface area contributed by atoms with Crippen molar-refractivity contribution in [1.82, 2.24) is 0 Å². The van der Waals surface area contributed by atoms with Crippen molar-refractivity contribution in [2.45, 2.75) is 98.3 Å². The number of benzene rings is 1. The monoisotopic (exact) mass is 527 g/mol. The molecule has 4 saturated carbocycles. The first-order valence-corrected chi connectivity index (χ1v) is 15.8. The molecule has 6 rings (SSSR count). The molecule has 5 aliphatic rings. The lowest BCUT2D eigenvalue weighted by Crippen LogP contribution is -2.57. The zero-order valence-electron chi connectivity index (χ0n) is 24.9. The molecule has 0 aromatic heterocycles. The van der Waals surface area contributed by atoms with Crippen LogP contribution in [0.1, 0.15) is 97.5 Å². The van der Waals surface area contributed by atoms with E-state index in [9.17, 15) is 4.39 Å². The number of aryl methyl sites for hydroxylation is 1. The molecule has 8 atom stereocenters. The van der Waals surface area contributed by atoms with Crippen molar-refractivity contribution < 1.29 is 4.39 Å². The Hall–Kier alpha value is -2.09. The predicted octanol–water partition coefficient (Wildman–Crippen LogP) is 10.0. The van der Waals surface area contributed by atoms with Crippen LogP contribution in [0.3, 0.4) is 0 Å². The van der Waals surface area contributed by atoms with Crippen LogP contribution in [0.25, 0.3) is 0 Å². The Bertz CT molecular complexity index is 1250. The third-order valence-corrected chi connectivity index (χ3v) is 13.4. The molecule has 0 spiro atoms. The van der Waals surface area contributed by atoms with E-state index in [1.54, 1.807) is 17.7 Å². The molecule has 0 radical (unpaired) electrons. The number of anilines is 1. The number of rotatable bonds is 6. The second kappa shape index (κ2) is 9.22. The highest BCUT2D eigenvalue weighted by Crippen LogP contribution is 2.81. The molecule has 1 aromatic carbocycles. The third kappa shape index (κ3) is 3.68. The molecular weight excluding hydrogens is 477 g/mol. The summed E-state index contributed by atoms with van der Waals surface area (Å²) in [6, 6.07) is 5.36. The largest absolute Gasteiger partial charge is 0.396 e. The molecule has 1 aromatic rings. The summed E-state index contributed by atoms with van der Waals surface area (Å²) in [5, 5.41) is 0. The number of halogens is 1. The summed E-state index contributed by atoms with van der Waals surface area (Å²) in [5.41, 5.74) is 12.3. The number of hydrogen-bond donors (Lipinski definition) is 1. The summed E-state index contributed by atoms with van der Waals surface area (Å²) in [6.45, 7) is 19.5. The third-order valence-electron chi connectivity index (χ3n) is 13.4. The van der Waals surface area contributed by atoms with Gasteiger partial charge >= 0.3 is 0 Å². The van der Waals surface area contributed by atoms with Crippen LogP contribution in [0, 0.1) is 51.1 Å². The van der Waals surface area contributed by atoms with E-state index in [0.717, 1.165) is 36.2 Å². The van der Waals surface area contributed by atoms with Crippen molar-refractivity contribution in [3.63, 3.8) is 0 Å². The van der Waals surface area contributed by atoms with Crippen molar-refractivity contribution in [3.8, 4) is 0 Å². The van der Waals surface area contributed by atoms with Gasteiger partial charge in [0.15, 0.2) is 0 Å². The van der Waals surface area contributed by atoms with Gasteiger partial charge in [0.1, 0.15) is 5.82 Å². The lowest BCUT2D eigenvalue weighted by atomic mass is 9.40. The maximum absolute atomic E-state index is 14.3. The summed E-state index contributed by atoms with van der Waals surface area (Å²) in [6.07, 6.45) is 20.8. The molecule has 39 heavy (non-hydrogen) atoms. The number of fused-ring (bicyclic) bond motifs is 7. The Morgan fingerprint density at radius 3 is 2.67 bits per heavy atom. The first-order valence-electron chi connectivity index (χ1n) is 15.8. The van der Waals surface area contributed by atoms with Crippen molar-refractivity contribution in [1.29, 1.82) is 0 Å². The maximum Gasteiger partial charge on any atom is 0.146 e. The number of nitrogen functional groups attached to an aromatic ring is 1. The zero-order valence-corrected chi connectivity index (χ0v) is 24.9. The fraction of sp³-hybridized carbons (Fsp3) is 0.622. The Morgan fingerprint density at radius 2 is 1.92 bits per heavy atom. The molecule has 1 nitrogen and oxygen atoms in total. The minimum Gasteiger partial charge on any atom is -0.396 e. The fourth-order valence-electron chi connectivity index (χ4n) is 11.4. The Kier molecular flexibility index (Phi) is 6.40. The molecule has 0 aliphatic heterocycles.